The number of sulfonamides is 1. The minimum absolute atomic E-state index is 0.241. The zero-order valence-electron chi connectivity index (χ0n) is 18.9. The number of aliphatic imine (C=N–C) groups is 1. The quantitative estimate of drug-likeness (QED) is 0.289. The van der Waals surface area contributed by atoms with E-state index in [2.05, 4.69) is 4.99 Å². The predicted molar refractivity (Wildman–Crippen MR) is 136 cm³/mol. The Labute approximate surface area is 201 Å². The van der Waals surface area contributed by atoms with Gasteiger partial charge in [0.2, 0.25) is 10.0 Å². The Balaban J connectivity index is 1.36. The Morgan fingerprint density at radius 3 is 1.97 bits per heavy atom. The highest BCUT2D eigenvalue weighted by molar-refractivity contribution is 7.89. The van der Waals surface area contributed by atoms with Crippen LogP contribution in [0.3, 0.4) is 0 Å². The molecule has 0 aromatic heterocycles. The van der Waals surface area contributed by atoms with E-state index in [-0.39, 0.29) is 4.90 Å². The number of ether oxygens (including phenoxy) is 1. The second-order valence-corrected chi connectivity index (χ2v) is 9.89. The molecule has 0 heterocycles. The zero-order valence-corrected chi connectivity index (χ0v) is 19.7. The molecule has 0 saturated heterocycles. The maximum absolute atomic E-state index is 12.9. The molecule has 0 bridgehead atoms. The van der Waals surface area contributed by atoms with Crippen LogP contribution in [0.25, 0.3) is 0 Å². The van der Waals surface area contributed by atoms with Crippen molar-refractivity contribution in [2.75, 3.05) is 7.05 Å². The van der Waals surface area contributed by atoms with Crippen LogP contribution in [0.4, 0.5) is 5.69 Å². The first-order chi connectivity index (χ1) is 16.5. The summed E-state index contributed by atoms with van der Waals surface area (Å²) >= 11 is 0. The van der Waals surface area contributed by atoms with Crippen molar-refractivity contribution in [3.05, 3.63) is 126 Å². The van der Waals surface area contributed by atoms with Crippen molar-refractivity contribution in [3.63, 3.8) is 0 Å². The molecule has 6 heteroatoms. The van der Waals surface area contributed by atoms with Gasteiger partial charge in [-0.1, -0.05) is 60.7 Å². The van der Waals surface area contributed by atoms with Crippen LogP contribution in [-0.4, -0.2) is 26.0 Å². The Hall–Kier alpha value is -3.74. The third kappa shape index (κ3) is 6.19. The smallest absolute Gasteiger partial charge is 0.243 e. The minimum Gasteiger partial charge on any atom is -0.489 e. The normalized spacial score (nSPS) is 11.7. The molecule has 5 nitrogen and oxygen atoms in total. The molecule has 0 N–H and O–H groups in total. The molecule has 0 atom stereocenters. The summed E-state index contributed by atoms with van der Waals surface area (Å²) in [5, 5.41) is 0. The van der Waals surface area contributed by atoms with Crippen molar-refractivity contribution >= 4 is 21.9 Å². The van der Waals surface area contributed by atoms with Crippen LogP contribution in [0.15, 0.2) is 119 Å². The monoisotopic (exact) mass is 470 g/mol. The van der Waals surface area contributed by atoms with E-state index in [0.717, 1.165) is 22.4 Å². The van der Waals surface area contributed by atoms with E-state index < -0.39 is 10.0 Å². The van der Waals surface area contributed by atoms with E-state index in [1.54, 1.807) is 37.5 Å². The molecular weight excluding hydrogens is 444 g/mol. The number of benzene rings is 4. The van der Waals surface area contributed by atoms with Gasteiger partial charge in [-0.15, -0.1) is 0 Å². The largest absolute Gasteiger partial charge is 0.489 e. The molecule has 0 fully saturated rings. The number of rotatable bonds is 9. The van der Waals surface area contributed by atoms with E-state index in [1.807, 2.05) is 84.9 Å². The Morgan fingerprint density at radius 2 is 1.35 bits per heavy atom. The van der Waals surface area contributed by atoms with Crippen molar-refractivity contribution in [2.24, 2.45) is 4.99 Å². The van der Waals surface area contributed by atoms with Crippen LogP contribution < -0.4 is 4.74 Å². The van der Waals surface area contributed by atoms with Crippen LogP contribution in [0, 0.1) is 0 Å². The van der Waals surface area contributed by atoms with Gasteiger partial charge in [0.25, 0.3) is 0 Å². The Bertz CT molecular complexity index is 1320. The summed E-state index contributed by atoms with van der Waals surface area (Å²) in [5.41, 5.74) is 3.65. The van der Waals surface area contributed by atoms with Gasteiger partial charge in [-0.3, -0.25) is 4.99 Å². The fourth-order valence-corrected chi connectivity index (χ4v) is 4.51. The summed E-state index contributed by atoms with van der Waals surface area (Å²) in [4.78, 5) is 4.70. The Morgan fingerprint density at radius 1 is 0.765 bits per heavy atom. The standard InChI is InChI=1S/C28H26N2O3S/c1-30(21-24-8-4-2-5-9-24)34(31,32)28-18-14-26(15-19-28)29-20-23-12-16-27(17-13-23)33-22-25-10-6-3-7-11-25/h2-20H,21-22H2,1H3. The Kier molecular flexibility index (Phi) is 7.52. The first kappa shape index (κ1) is 23.4. The van der Waals surface area contributed by atoms with Crippen LogP contribution in [0.2, 0.25) is 0 Å². The molecule has 0 aliphatic rings. The topological polar surface area (TPSA) is 59.0 Å². The highest BCUT2D eigenvalue weighted by atomic mass is 32.2. The molecule has 4 rings (SSSR count). The SMILES string of the molecule is CN(Cc1ccccc1)S(=O)(=O)c1ccc(N=Cc2ccc(OCc3ccccc3)cc2)cc1. The molecule has 0 aliphatic carbocycles. The molecular formula is C28H26N2O3S. The summed E-state index contributed by atoms with van der Waals surface area (Å²) in [6.07, 6.45) is 1.74. The number of hydrogen-bond donors (Lipinski definition) is 0. The van der Waals surface area contributed by atoms with E-state index in [1.165, 1.54) is 4.31 Å². The predicted octanol–water partition coefficient (Wildman–Crippen LogP) is 5.84. The second kappa shape index (κ2) is 10.9. The molecule has 0 unspecified atom stereocenters. The van der Waals surface area contributed by atoms with Crippen molar-refractivity contribution < 1.29 is 13.2 Å². The van der Waals surface area contributed by atoms with Gasteiger partial charge in [-0.05, 0) is 65.2 Å². The average molecular weight is 471 g/mol. The van der Waals surface area contributed by atoms with Crippen molar-refractivity contribution in [1.82, 2.24) is 4.31 Å². The molecule has 0 amide bonds. The lowest BCUT2D eigenvalue weighted by Gasteiger charge is -2.17. The molecule has 34 heavy (non-hydrogen) atoms. The first-order valence-corrected chi connectivity index (χ1v) is 12.4. The fourth-order valence-electron chi connectivity index (χ4n) is 3.35. The van der Waals surface area contributed by atoms with Crippen LogP contribution in [0.5, 0.6) is 5.75 Å². The molecule has 172 valence electrons. The maximum atomic E-state index is 12.9. The average Bonchev–Trinajstić information content (AvgIpc) is 2.88. The van der Waals surface area contributed by atoms with Gasteiger partial charge in [-0.25, -0.2) is 8.42 Å². The number of nitrogens with zero attached hydrogens (tertiary/aromatic N) is 2. The van der Waals surface area contributed by atoms with Crippen LogP contribution in [0.1, 0.15) is 16.7 Å². The summed E-state index contributed by atoms with van der Waals surface area (Å²) in [6, 6.07) is 33.8. The summed E-state index contributed by atoms with van der Waals surface area (Å²) < 4.78 is 32.9. The van der Waals surface area contributed by atoms with E-state index in [9.17, 15) is 8.42 Å². The van der Waals surface area contributed by atoms with Crippen molar-refractivity contribution in [2.45, 2.75) is 18.0 Å². The van der Waals surface area contributed by atoms with Gasteiger partial charge in [0.15, 0.2) is 0 Å². The van der Waals surface area contributed by atoms with Crippen LogP contribution in [-0.2, 0) is 23.2 Å². The molecule has 0 spiro atoms. The fraction of sp³-hybridized carbons (Fsp3) is 0.107. The highest BCUT2D eigenvalue weighted by Crippen LogP contribution is 2.21. The lowest BCUT2D eigenvalue weighted by Crippen LogP contribution is -2.26. The summed E-state index contributed by atoms with van der Waals surface area (Å²) in [6.45, 7) is 0.832. The lowest BCUT2D eigenvalue weighted by atomic mass is 10.2. The van der Waals surface area contributed by atoms with Crippen molar-refractivity contribution in [3.8, 4) is 5.75 Å². The van der Waals surface area contributed by atoms with Gasteiger partial charge >= 0.3 is 0 Å². The molecule has 0 saturated carbocycles. The van der Waals surface area contributed by atoms with E-state index in [0.29, 0.717) is 18.8 Å². The maximum Gasteiger partial charge on any atom is 0.243 e. The first-order valence-electron chi connectivity index (χ1n) is 10.9. The minimum atomic E-state index is -3.58. The molecule has 0 radical (unpaired) electrons. The molecule has 4 aromatic rings. The molecule has 0 aliphatic heterocycles. The zero-order chi connectivity index (χ0) is 23.8. The third-order valence-corrected chi connectivity index (χ3v) is 7.10. The van der Waals surface area contributed by atoms with Gasteiger partial charge in [0.1, 0.15) is 12.4 Å². The molecule has 4 aromatic carbocycles. The van der Waals surface area contributed by atoms with Gasteiger partial charge in [-0.2, -0.15) is 4.31 Å². The third-order valence-electron chi connectivity index (χ3n) is 5.28. The highest BCUT2D eigenvalue weighted by Gasteiger charge is 2.20. The van der Waals surface area contributed by atoms with E-state index in [4.69, 9.17) is 4.74 Å². The van der Waals surface area contributed by atoms with Gasteiger partial charge < -0.3 is 4.74 Å². The van der Waals surface area contributed by atoms with Crippen LogP contribution >= 0.6 is 0 Å². The number of hydrogen-bond acceptors (Lipinski definition) is 4. The van der Waals surface area contributed by atoms with Gasteiger partial charge in [0, 0.05) is 19.8 Å². The second-order valence-electron chi connectivity index (χ2n) is 7.84. The van der Waals surface area contributed by atoms with Gasteiger partial charge in [0.05, 0.1) is 10.6 Å². The summed E-state index contributed by atoms with van der Waals surface area (Å²) in [5.74, 6) is 0.787. The van der Waals surface area contributed by atoms with Crippen molar-refractivity contribution in [1.29, 1.82) is 0 Å². The summed E-state index contributed by atoms with van der Waals surface area (Å²) in [7, 11) is -2.00. The van der Waals surface area contributed by atoms with E-state index >= 15 is 0 Å². The lowest BCUT2D eigenvalue weighted by molar-refractivity contribution is 0.306.